The molecule has 1 fully saturated rings. The maximum Gasteiger partial charge on any atom is 0.270 e. The summed E-state index contributed by atoms with van der Waals surface area (Å²) in [7, 11) is 0. The van der Waals surface area contributed by atoms with Gasteiger partial charge in [-0.3, -0.25) is 15.0 Å². The zero-order chi connectivity index (χ0) is 16.5. The summed E-state index contributed by atoms with van der Waals surface area (Å²) in [5.74, 6) is 0.104. The summed E-state index contributed by atoms with van der Waals surface area (Å²) >= 11 is 0. The molecule has 1 aromatic rings. The first kappa shape index (κ1) is 17.6. The molecule has 0 aromatic heterocycles. The Labute approximate surface area is 136 Å². The molecule has 1 aliphatic heterocycles. The quantitative estimate of drug-likeness (QED) is 0.454. The molecule has 4 N–H and O–H groups in total. The molecule has 8 heteroatoms. The van der Waals surface area contributed by atoms with Gasteiger partial charge in [-0.25, -0.2) is 0 Å². The molecule has 0 aliphatic carbocycles. The molecule has 128 valence electrons. The number of hydrogen-bond acceptors (Lipinski definition) is 7. The Balaban J connectivity index is 1.99. The highest BCUT2D eigenvalue weighted by Gasteiger charge is 2.14. The number of nitro benzene ring substituents is 1. The lowest BCUT2D eigenvalue weighted by Gasteiger charge is -2.24. The van der Waals surface area contributed by atoms with Crippen LogP contribution < -0.4 is 16.0 Å². The van der Waals surface area contributed by atoms with Crippen molar-refractivity contribution in [3.63, 3.8) is 0 Å². The molecule has 8 nitrogen and oxygen atoms in total. The second-order valence-corrected chi connectivity index (χ2v) is 5.60. The van der Waals surface area contributed by atoms with Crippen LogP contribution in [-0.2, 0) is 6.54 Å². The number of rotatable bonds is 3. The number of non-ortho nitro benzene ring substituents is 1. The molecule has 0 bridgehead atoms. The third-order valence-electron chi connectivity index (χ3n) is 3.83. The molecule has 1 saturated heterocycles. The third-order valence-corrected chi connectivity index (χ3v) is 3.83. The maximum absolute atomic E-state index is 10.9. The summed E-state index contributed by atoms with van der Waals surface area (Å²) in [5, 5.41) is 30.9. The molecule has 0 unspecified atom stereocenters. The topological polar surface area (TPSA) is 103 Å². The van der Waals surface area contributed by atoms with Gasteiger partial charge in [0.05, 0.1) is 4.92 Å². The Hall–Kier alpha value is -1.74. The van der Waals surface area contributed by atoms with Crippen molar-refractivity contribution in [2.45, 2.75) is 6.54 Å². The SMILES string of the molecule is O=[N+]([O-])c1ccc(O)c(CN2CCNCCNCCNCC2)c1. The standard InChI is InChI=1S/C15H25N5O3/c21-15-2-1-14(20(22)23)11-13(15)12-19-9-7-17-5-3-16-4-6-18-8-10-19/h1-2,11,16-18,21H,3-10,12H2. The van der Waals surface area contributed by atoms with Gasteiger partial charge in [-0.05, 0) is 6.07 Å². The summed E-state index contributed by atoms with van der Waals surface area (Å²) in [6, 6.07) is 4.17. The van der Waals surface area contributed by atoms with Crippen LogP contribution in [0, 0.1) is 10.1 Å². The number of phenols is 1. The van der Waals surface area contributed by atoms with Crippen molar-refractivity contribution < 1.29 is 10.0 Å². The first-order valence-electron chi connectivity index (χ1n) is 7.97. The highest BCUT2D eigenvalue weighted by atomic mass is 16.6. The van der Waals surface area contributed by atoms with E-state index in [1.165, 1.54) is 18.2 Å². The minimum absolute atomic E-state index is 0.00878. The van der Waals surface area contributed by atoms with Gasteiger partial charge >= 0.3 is 0 Å². The van der Waals surface area contributed by atoms with E-state index in [0.29, 0.717) is 12.1 Å². The van der Waals surface area contributed by atoms with Gasteiger partial charge in [0.25, 0.3) is 5.69 Å². The second-order valence-electron chi connectivity index (χ2n) is 5.60. The zero-order valence-electron chi connectivity index (χ0n) is 13.3. The Morgan fingerprint density at radius 2 is 1.61 bits per heavy atom. The van der Waals surface area contributed by atoms with Gasteiger partial charge in [0.1, 0.15) is 5.75 Å². The normalized spacial score (nSPS) is 18.8. The summed E-state index contributed by atoms with van der Waals surface area (Å²) in [4.78, 5) is 12.6. The first-order chi connectivity index (χ1) is 11.2. The molecule has 0 amide bonds. The number of nitro groups is 1. The van der Waals surface area contributed by atoms with Gasteiger partial charge in [0.2, 0.25) is 0 Å². The Morgan fingerprint density at radius 3 is 2.17 bits per heavy atom. The van der Waals surface area contributed by atoms with Crippen LogP contribution in [-0.4, -0.2) is 67.3 Å². The van der Waals surface area contributed by atoms with Crippen LogP contribution in [0.4, 0.5) is 5.69 Å². The van der Waals surface area contributed by atoms with E-state index in [1.54, 1.807) is 0 Å². The number of aromatic hydroxyl groups is 1. The van der Waals surface area contributed by atoms with Gasteiger partial charge in [-0.2, -0.15) is 0 Å². The van der Waals surface area contributed by atoms with Gasteiger partial charge in [-0.15, -0.1) is 0 Å². The van der Waals surface area contributed by atoms with Gasteiger partial charge in [0.15, 0.2) is 0 Å². The van der Waals surface area contributed by atoms with Crippen LogP contribution in [0.15, 0.2) is 18.2 Å². The fourth-order valence-electron chi connectivity index (χ4n) is 2.53. The molecule has 0 spiro atoms. The molecule has 0 saturated carbocycles. The highest BCUT2D eigenvalue weighted by molar-refractivity contribution is 5.42. The van der Waals surface area contributed by atoms with E-state index in [9.17, 15) is 15.2 Å². The number of nitrogens with zero attached hydrogens (tertiary/aromatic N) is 2. The van der Waals surface area contributed by atoms with Gasteiger partial charge in [0, 0.05) is 76.6 Å². The lowest BCUT2D eigenvalue weighted by molar-refractivity contribution is -0.385. The van der Waals surface area contributed by atoms with E-state index in [-0.39, 0.29) is 11.4 Å². The van der Waals surface area contributed by atoms with Crippen LogP contribution in [0.3, 0.4) is 0 Å². The monoisotopic (exact) mass is 323 g/mol. The van der Waals surface area contributed by atoms with Crippen LogP contribution >= 0.6 is 0 Å². The summed E-state index contributed by atoms with van der Waals surface area (Å²) in [6.07, 6.45) is 0. The van der Waals surface area contributed by atoms with E-state index in [1.807, 2.05) is 0 Å². The zero-order valence-corrected chi connectivity index (χ0v) is 13.3. The van der Waals surface area contributed by atoms with Crippen molar-refractivity contribution in [1.29, 1.82) is 0 Å². The van der Waals surface area contributed by atoms with E-state index < -0.39 is 4.92 Å². The Bertz CT molecular complexity index is 500. The van der Waals surface area contributed by atoms with Crippen molar-refractivity contribution in [3.05, 3.63) is 33.9 Å². The summed E-state index contributed by atoms with van der Waals surface area (Å²) < 4.78 is 0. The van der Waals surface area contributed by atoms with Gasteiger partial charge < -0.3 is 21.1 Å². The molecule has 0 radical (unpaired) electrons. The number of hydrogen-bond donors (Lipinski definition) is 4. The molecule has 1 aliphatic rings. The lowest BCUT2D eigenvalue weighted by Crippen LogP contribution is -2.41. The fraction of sp³-hybridized carbons (Fsp3) is 0.600. The predicted octanol–water partition coefficient (Wildman–Crippen LogP) is -0.115. The molecule has 1 aromatic carbocycles. The van der Waals surface area contributed by atoms with E-state index in [0.717, 1.165) is 52.4 Å². The first-order valence-corrected chi connectivity index (χ1v) is 7.97. The van der Waals surface area contributed by atoms with Crippen molar-refractivity contribution >= 4 is 5.69 Å². The smallest absolute Gasteiger partial charge is 0.270 e. The van der Waals surface area contributed by atoms with Crippen LogP contribution in [0.2, 0.25) is 0 Å². The van der Waals surface area contributed by atoms with Crippen LogP contribution in [0.5, 0.6) is 5.75 Å². The van der Waals surface area contributed by atoms with E-state index in [2.05, 4.69) is 20.9 Å². The number of phenolic OH excluding ortho intramolecular Hbond substituents is 1. The lowest BCUT2D eigenvalue weighted by atomic mass is 10.1. The average molecular weight is 323 g/mol. The molecule has 23 heavy (non-hydrogen) atoms. The molecular weight excluding hydrogens is 298 g/mol. The van der Waals surface area contributed by atoms with Gasteiger partial charge in [-0.1, -0.05) is 0 Å². The molecule has 2 rings (SSSR count). The van der Waals surface area contributed by atoms with Crippen molar-refractivity contribution in [2.24, 2.45) is 0 Å². The van der Waals surface area contributed by atoms with Crippen LogP contribution in [0.25, 0.3) is 0 Å². The third kappa shape index (κ3) is 6.11. The summed E-state index contributed by atoms with van der Waals surface area (Å²) in [6.45, 7) is 7.53. The number of benzene rings is 1. The summed E-state index contributed by atoms with van der Waals surface area (Å²) in [5.41, 5.74) is 0.599. The van der Waals surface area contributed by atoms with Crippen molar-refractivity contribution in [2.75, 3.05) is 52.4 Å². The minimum Gasteiger partial charge on any atom is -0.508 e. The highest BCUT2D eigenvalue weighted by Crippen LogP contribution is 2.24. The van der Waals surface area contributed by atoms with E-state index >= 15 is 0 Å². The Morgan fingerprint density at radius 1 is 1.04 bits per heavy atom. The van der Waals surface area contributed by atoms with Crippen molar-refractivity contribution in [1.82, 2.24) is 20.9 Å². The maximum atomic E-state index is 10.9. The van der Waals surface area contributed by atoms with E-state index in [4.69, 9.17) is 0 Å². The Kier molecular flexibility index (Phi) is 7.21. The minimum atomic E-state index is -0.435. The largest absolute Gasteiger partial charge is 0.508 e. The predicted molar refractivity (Wildman–Crippen MR) is 88.6 cm³/mol. The molecular formula is C15H25N5O3. The number of nitrogens with one attached hydrogen (secondary N) is 3. The average Bonchev–Trinajstić information content (AvgIpc) is 2.51. The van der Waals surface area contributed by atoms with Crippen molar-refractivity contribution in [3.8, 4) is 5.75 Å². The fourth-order valence-corrected chi connectivity index (χ4v) is 2.53. The van der Waals surface area contributed by atoms with Crippen LogP contribution in [0.1, 0.15) is 5.56 Å². The second kappa shape index (κ2) is 9.41. The molecule has 0 atom stereocenters. The molecule has 1 heterocycles.